The molecule has 2 aromatic rings. The Morgan fingerprint density at radius 2 is 2.41 bits per heavy atom. The summed E-state index contributed by atoms with van der Waals surface area (Å²) in [6.07, 6.45) is 4.88. The lowest BCUT2D eigenvalue weighted by molar-refractivity contribution is 0.636. The van der Waals surface area contributed by atoms with Gasteiger partial charge in [-0.1, -0.05) is 0 Å². The van der Waals surface area contributed by atoms with Gasteiger partial charge < -0.3 is 11.1 Å². The average Bonchev–Trinajstić information content (AvgIpc) is 2.75. The molecule has 3 N–H and O–H groups in total. The van der Waals surface area contributed by atoms with Crippen molar-refractivity contribution in [1.29, 1.82) is 5.26 Å². The van der Waals surface area contributed by atoms with E-state index in [-0.39, 0.29) is 0 Å². The number of nitrogens with zero attached hydrogens (tertiary/aromatic N) is 5. The third-order valence-corrected chi connectivity index (χ3v) is 2.05. The first-order chi connectivity index (χ1) is 8.28. The first-order valence-corrected chi connectivity index (χ1v) is 5.03. The van der Waals surface area contributed by atoms with E-state index in [2.05, 4.69) is 20.4 Å². The van der Waals surface area contributed by atoms with E-state index in [1.54, 1.807) is 29.3 Å². The van der Waals surface area contributed by atoms with Crippen molar-refractivity contribution in [2.45, 2.75) is 6.54 Å². The molecule has 0 atom stereocenters. The first-order valence-electron chi connectivity index (χ1n) is 5.03. The van der Waals surface area contributed by atoms with Crippen LogP contribution in [0.15, 0.2) is 24.7 Å². The van der Waals surface area contributed by atoms with Gasteiger partial charge in [0.15, 0.2) is 0 Å². The summed E-state index contributed by atoms with van der Waals surface area (Å²) in [6, 6.07) is 3.51. The van der Waals surface area contributed by atoms with Gasteiger partial charge in [-0.05, 0) is 6.07 Å². The van der Waals surface area contributed by atoms with Crippen molar-refractivity contribution in [3.05, 3.63) is 30.4 Å². The third-order valence-electron chi connectivity index (χ3n) is 2.05. The summed E-state index contributed by atoms with van der Waals surface area (Å²) < 4.78 is 1.72. The highest BCUT2D eigenvalue weighted by Gasteiger charge is 1.98. The molecule has 0 amide bonds. The second kappa shape index (κ2) is 4.94. The van der Waals surface area contributed by atoms with E-state index in [1.165, 1.54) is 0 Å². The molecule has 0 bridgehead atoms. The van der Waals surface area contributed by atoms with Crippen LogP contribution < -0.4 is 11.1 Å². The number of hydrogen-bond acceptors (Lipinski definition) is 6. The van der Waals surface area contributed by atoms with Gasteiger partial charge in [-0.3, -0.25) is 4.68 Å². The van der Waals surface area contributed by atoms with Crippen LogP contribution in [-0.4, -0.2) is 26.3 Å². The molecule has 0 aromatic carbocycles. The lowest BCUT2D eigenvalue weighted by Crippen LogP contribution is -2.12. The van der Waals surface area contributed by atoms with Gasteiger partial charge in [0.2, 0.25) is 5.95 Å². The fourth-order valence-corrected chi connectivity index (χ4v) is 1.29. The average molecular weight is 229 g/mol. The van der Waals surface area contributed by atoms with Crippen LogP contribution in [0.2, 0.25) is 0 Å². The second-order valence-corrected chi connectivity index (χ2v) is 3.34. The van der Waals surface area contributed by atoms with Gasteiger partial charge >= 0.3 is 0 Å². The van der Waals surface area contributed by atoms with Crippen molar-refractivity contribution >= 4 is 11.6 Å². The van der Waals surface area contributed by atoms with Crippen molar-refractivity contribution in [3.8, 4) is 6.07 Å². The molecule has 7 nitrogen and oxygen atoms in total. The molecule has 17 heavy (non-hydrogen) atoms. The largest absolute Gasteiger partial charge is 0.396 e. The number of rotatable bonds is 4. The maximum Gasteiger partial charge on any atom is 0.223 e. The Morgan fingerprint density at radius 1 is 1.53 bits per heavy atom. The lowest BCUT2D eigenvalue weighted by atomic mass is 10.4. The molecule has 86 valence electrons. The number of anilines is 2. The Bertz CT molecular complexity index is 540. The zero-order valence-electron chi connectivity index (χ0n) is 9.04. The molecule has 2 rings (SSSR count). The Kier molecular flexibility index (Phi) is 3.16. The zero-order chi connectivity index (χ0) is 12.1. The number of nitrogens with two attached hydrogens (primary N) is 1. The van der Waals surface area contributed by atoms with Crippen LogP contribution in [0.25, 0.3) is 0 Å². The van der Waals surface area contributed by atoms with Gasteiger partial charge in [-0.2, -0.15) is 10.4 Å². The van der Waals surface area contributed by atoms with Crippen molar-refractivity contribution in [2.24, 2.45) is 0 Å². The molecule has 2 aromatic heterocycles. The minimum Gasteiger partial charge on any atom is -0.396 e. The summed E-state index contributed by atoms with van der Waals surface area (Å²) in [4.78, 5) is 7.99. The summed E-state index contributed by atoms with van der Waals surface area (Å²) in [5.74, 6) is 0.434. The quantitative estimate of drug-likeness (QED) is 0.777. The Balaban J connectivity index is 1.88. The van der Waals surface area contributed by atoms with Crippen LogP contribution in [0, 0.1) is 11.3 Å². The van der Waals surface area contributed by atoms with E-state index in [4.69, 9.17) is 11.0 Å². The van der Waals surface area contributed by atoms with E-state index >= 15 is 0 Å². The number of hydrogen-bond donors (Lipinski definition) is 2. The fourth-order valence-electron chi connectivity index (χ4n) is 1.29. The maximum atomic E-state index is 8.67. The van der Waals surface area contributed by atoms with Gasteiger partial charge in [0.05, 0.1) is 18.4 Å². The van der Waals surface area contributed by atoms with Crippen LogP contribution in [0.1, 0.15) is 5.69 Å². The smallest absolute Gasteiger partial charge is 0.223 e. The maximum absolute atomic E-state index is 8.67. The van der Waals surface area contributed by atoms with E-state index in [9.17, 15) is 0 Å². The van der Waals surface area contributed by atoms with Crippen LogP contribution in [0.5, 0.6) is 0 Å². The van der Waals surface area contributed by atoms with Crippen LogP contribution in [0.3, 0.4) is 0 Å². The monoisotopic (exact) mass is 229 g/mol. The van der Waals surface area contributed by atoms with Crippen molar-refractivity contribution in [1.82, 2.24) is 19.7 Å². The van der Waals surface area contributed by atoms with Crippen LogP contribution >= 0.6 is 0 Å². The molecule has 0 radical (unpaired) electrons. The normalized spacial score (nSPS) is 9.82. The number of nitriles is 1. The molecule has 2 heterocycles. The Labute approximate surface area is 97.9 Å². The van der Waals surface area contributed by atoms with Crippen LogP contribution in [0.4, 0.5) is 11.6 Å². The van der Waals surface area contributed by atoms with Gasteiger partial charge in [0, 0.05) is 18.9 Å². The van der Waals surface area contributed by atoms with Crippen molar-refractivity contribution in [3.63, 3.8) is 0 Å². The second-order valence-electron chi connectivity index (χ2n) is 3.34. The molecule has 0 spiro atoms. The van der Waals surface area contributed by atoms with Gasteiger partial charge in [0.1, 0.15) is 11.8 Å². The Hall–Kier alpha value is -2.62. The predicted molar refractivity (Wildman–Crippen MR) is 61.9 cm³/mol. The van der Waals surface area contributed by atoms with E-state index in [1.807, 2.05) is 6.07 Å². The molecule has 0 fully saturated rings. The minimum absolute atomic E-state index is 0.339. The summed E-state index contributed by atoms with van der Waals surface area (Å²) in [5, 5.41) is 15.7. The zero-order valence-corrected chi connectivity index (χ0v) is 9.04. The minimum atomic E-state index is 0.339. The Morgan fingerprint density at radius 3 is 3.12 bits per heavy atom. The SMILES string of the molecule is N#Cc1ccnc(NCCn2cc(N)cn2)n1. The van der Waals surface area contributed by atoms with Crippen molar-refractivity contribution < 1.29 is 0 Å². The first kappa shape index (κ1) is 10.9. The fraction of sp³-hybridized carbons (Fsp3) is 0.200. The molecular formula is C10H11N7. The predicted octanol–water partition coefficient (Wildman–Crippen LogP) is 0.239. The number of aromatic nitrogens is 4. The number of nitrogen functional groups attached to an aromatic ring is 1. The van der Waals surface area contributed by atoms with Crippen molar-refractivity contribution in [2.75, 3.05) is 17.6 Å². The molecule has 0 aliphatic carbocycles. The third kappa shape index (κ3) is 2.92. The highest BCUT2D eigenvalue weighted by atomic mass is 15.3. The summed E-state index contributed by atoms with van der Waals surface area (Å²) in [6.45, 7) is 1.26. The van der Waals surface area contributed by atoms with Crippen LogP contribution in [-0.2, 0) is 6.54 Å². The summed E-state index contributed by atoms with van der Waals surface area (Å²) in [5.41, 5.74) is 6.51. The van der Waals surface area contributed by atoms with E-state index < -0.39 is 0 Å². The highest BCUT2D eigenvalue weighted by Crippen LogP contribution is 2.00. The molecule has 7 heteroatoms. The van der Waals surface area contributed by atoms with Gasteiger partial charge in [-0.15, -0.1) is 0 Å². The van der Waals surface area contributed by atoms with E-state index in [0.29, 0.717) is 30.4 Å². The molecule has 0 saturated heterocycles. The summed E-state index contributed by atoms with van der Waals surface area (Å²) in [7, 11) is 0. The highest BCUT2D eigenvalue weighted by molar-refractivity contribution is 5.31. The number of nitrogens with one attached hydrogen (secondary N) is 1. The molecule has 0 aliphatic heterocycles. The van der Waals surface area contributed by atoms with Gasteiger partial charge in [-0.25, -0.2) is 9.97 Å². The molecular weight excluding hydrogens is 218 g/mol. The molecule has 0 saturated carbocycles. The lowest BCUT2D eigenvalue weighted by Gasteiger charge is -2.04. The van der Waals surface area contributed by atoms with Gasteiger partial charge in [0.25, 0.3) is 0 Å². The van der Waals surface area contributed by atoms with E-state index in [0.717, 1.165) is 0 Å². The molecule has 0 unspecified atom stereocenters. The standard InChI is InChI=1S/C10H11N7/c11-5-9-1-2-13-10(16-9)14-3-4-17-7-8(12)6-15-17/h1-2,6-7H,3-4,12H2,(H,13,14,16). The summed E-state index contributed by atoms with van der Waals surface area (Å²) >= 11 is 0. The topological polar surface area (TPSA) is 105 Å². The molecule has 0 aliphatic rings.